The van der Waals surface area contributed by atoms with E-state index in [4.69, 9.17) is 9.47 Å². The standard InChI is InChI=1S/C21H20N2O4S2/c1-14-3-8-19(26-2)18(9-14)23-20(24)10-27-21(25)15-4-6-17(7-5-15)29-12-16-11-28-13-22-16/h3-9,11,13H,10,12H2,1-2H3,(H,23,24). The Hall–Kier alpha value is -2.84. The van der Waals surface area contributed by atoms with Crippen molar-refractivity contribution in [1.82, 2.24) is 4.98 Å². The average molecular weight is 429 g/mol. The molecular formula is C21H20N2O4S2. The first-order valence-corrected chi connectivity index (χ1v) is 10.7. The molecule has 1 amide bonds. The third-order valence-electron chi connectivity index (χ3n) is 3.92. The number of thiazole rings is 1. The van der Waals surface area contributed by atoms with E-state index in [1.807, 2.05) is 30.5 Å². The van der Waals surface area contributed by atoms with Crippen LogP contribution in [0.4, 0.5) is 5.69 Å². The maximum atomic E-state index is 12.2. The van der Waals surface area contributed by atoms with Crippen molar-refractivity contribution in [3.8, 4) is 5.75 Å². The number of carbonyl (C=O) groups excluding carboxylic acids is 2. The highest BCUT2D eigenvalue weighted by atomic mass is 32.2. The van der Waals surface area contributed by atoms with E-state index in [9.17, 15) is 9.59 Å². The van der Waals surface area contributed by atoms with Crippen LogP contribution in [-0.2, 0) is 15.3 Å². The van der Waals surface area contributed by atoms with E-state index in [1.165, 1.54) is 7.11 Å². The number of nitrogens with one attached hydrogen (secondary N) is 1. The Labute approximate surface area is 177 Å². The zero-order chi connectivity index (χ0) is 20.6. The second-order valence-corrected chi connectivity index (χ2v) is 7.89. The van der Waals surface area contributed by atoms with Crippen molar-refractivity contribution in [1.29, 1.82) is 0 Å². The van der Waals surface area contributed by atoms with Gasteiger partial charge < -0.3 is 14.8 Å². The third kappa shape index (κ3) is 6.07. The molecular weight excluding hydrogens is 408 g/mol. The molecule has 8 heteroatoms. The number of aryl methyl sites for hydroxylation is 1. The summed E-state index contributed by atoms with van der Waals surface area (Å²) in [6.07, 6.45) is 0. The number of aromatic nitrogens is 1. The van der Waals surface area contributed by atoms with Gasteiger partial charge in [0.05, 0.1) is 29.6 Å². The van der Waals surface area contributed by atoms with Crippen LogP contribution in [0.2, 0.25) is 0 Å². The Balaban J connectivity index is 1.50. The number of anilines is 1. The number of thioether (sulfide) groups is 1. The molecule has 150 valence electrons. The number of nitrogens with zero attached hydrogens (tertiary/aromatic N) is 1. The van der Waals surface area contributed by atoms with Crippen LogP contribution in [0.25, 0.3) is 0 Å². The predicted molar refractivity (Wildman–Crippen MR) is 115 cm³/mol. The van der Waals surface area contributed by atoms with Gasteiger partial charge in [0, 0.05) is 16.0 Å². The van der Waals surface area contributed by atoms with E-state index < -0.39 is 11.9 Å². The second-order valence-electron chi connectivity index (χ2n) is 6.12. The van der Waals surface area contributed by atoms with Crippen molar-refractivity contribution in [3.63, 3.8) is 0 Å². The Bertz CT molecular complexity index is 973. The first-order valence-electron chi connectivity index (χ1n) is 8.76. The van der Waals surface area contributed by atoms with Crippen molar-refractivity contribution < 1.29 is 19.1 Å². The fourth-order valence-electron chi connectivity index (χ4n) is 2.47. The molecule has 3 rings (SSSR count). The van der Waals surface area contributed by atoms with Gasteiger partial charge in [-0.2, -0.15) is 0 Å². The lowest BCUT2D eigenvalue weighted by atomic mass is 10.2. The minimum atomic E-state index is -0.549. The van der Waals surface area contributed by atoms with Crippen molar-refractivity contribution in [2.45, 2.75) is 17.6 Å². The van der Waals surface area contributed by atoms with E-state index in [0.29, 0.717) is 17.0 Å². The lowest BCUT2D eigenvalue weighted by Gasteiger charge is -2.11. The first-order chi connectivity index (χ1) is 14.0. The number of esters is 1. The van der Waals surface area contributed by atoms with Gasteiger partial charge in [0.25, 0.3) is 5.91 Å². The number of rotatable bonds is 8. The van der Waals surface area contributed by atoms with Gasteiger partial charge in [-0.15, -0.1) is 23.1 Å². The lowest BCUT2D eigenvalue weighted by Crippen LogP contribution is -2.21. The molecule has 0 spiro atoms. The molecule has 1 aromatic heterocycles. The molecule has 0 aliphatic rings. The monoisotopic (exact) mass is 428 g/mol. The van der Waals surface area contributed by atoms with Gasteiger partial charge in [-0.05, 0) is 48.9 Å². The summed E-state index contributed by atoms with van der Waals surface area (Å²) in [6, 6.07) is 12.5. The van der Waals surface area contributed by atoms with Crippen LogP contribution in [0.5, 0.6) is 5.75 Å². The van der Waals surface area contributed by atoms with Gasteiger partial charge in [0.2, 0.25) is 0 Å². The number of benzene rings is 2. The summed E-state index contributed by atoms with van der Waals surface area (Å²) in [5.41, 5.74) is 4.74. The Kier molecular flexibility index (Phi) is 7.26. The van der Waals surface area contributed by atoms with Gasteiger partial charge in [-0.3, -0.25) is 4.79 Å². The number of hydrogen-bond acceptors (Lipinski definition) is 7. The summed E-state index contributed by atoms with van der Waals surface area (Å²) in [5, 5.41) is 4.71. The maximum Gasteiger partial charge on any atom is 0.338 e. The molecule has 0 unspecified atom stereocenters. The molecule has 0 saturated carbocycles. The topological polar surface area (TPSA) is 77.5 Å². The maximum absolute atomic E-state index is 12.2. The van der Waals surface area contributed by atoms with E-state index >= 15 is 0 Å². The van der Waals surface area contributed by atoms with Gasteiger partial charge in [0.1, 0.15) is 5.75 Å². The zero-order valence-electron chi connectivity index (χ0n) is 16.0. The smallest absolute Gasteiger partial charge is 0.338 e. The third-order valence-corrected chi connectivity index (χ3v) is 5.60. The Morgan fingerprint density at radius 3 is 2.66 bits per heavy atom. The van der Waals surface area contributed by atoms with Crippen LogP contribution >= 0.6 is 23.1 Å². The molecule has 0 aliphatic heterocycles. The summed E-state index contributed by atoms with van der Waals surface area (Å²) in [5.74, 6) is 0.335. The number of carbonyl (C=O) groups is 2. The molecule has 1 N–H and O–H groups in total. The fraction of sp³-hybridized carbons (Fsp3) is 0.190. The van der Waals surface area contributed by atoms with E-state index in [-0.39, 0.29) is 6.61 Å². The lowest BCUT2D eigenvalue weighted by molar-refractivity contribution is -0.119. The highest BCUT2D eigenvalue weighted by molar-refractivity contribution is 7.98. The Morgan fingerprint density at radius 1 is 1.17 bits per heavy atom. The molecule has 0 fully saturated rings. The molecule has 0 radical (unpaired) electrons. The van der Waals surface area contributed by atoms with Crippen LogP contribution in [0.3, 0.4) is 0 Å². The number of amides is 1. The minimum Gasteiger partial charge on any atom is -0.495 e. The summed E-state index contributed by atoms with van der Waals surface area (Å²) < 4.78 is 10.3. The molecule has 29 heavy (non-hydrogen) atoms. The highest BCUT2D eigenvalue weighted by Gasteiger charge is 2.12. The van der Waals surface area contributed by atoms with Crippen molar-refractivity contribution in [2.75, 3.05) is 19.0 Å². The van der Waals surface area contributed by atoms with Gasteiger partial charge in [-0.25, -0.2) is 9.78 Å². The van der Waals surface area contributed by atoms with Crippen molar-refractivity contribution >= 4 is 40.7 Å². The molecule has 3 aromatic rings. The molecule has 0 bridgehead atoms. The molecule has 6 nitrogen and oxygen atoms in total. The largest absolute Gasteiger partial charge is 0.495 e. The summed E-state index contributed by atoms with van der Waals surface area (Å²) in [4.78, 5) is 29.6. The van der Waals surface area contributed by atoms with Crippen LogP contribution in [0.15, 0.2) is 58.3 Å². The SMILES string of the molecule is COc1ccc(C)cc1NC(=O)COC(=O)c1ccc(SCc2cscn2)cc1. The van der Waals surface area contributed by atoms with Gasteiger partial charge in [-0.1, -0.05) is 6.07 Å². The quantitative estimate of drug-likeness (QED) is 0.419. The van der Waals surface area contributed by atoms with Gasteiger partial charge in [0.15, 0.2) is 6.61 Å². The number of methoxy groups -OCH3 is 1. The predicted octanol–water partition coefficient (Wildman–Crippen LogP) is 4.55. The van der Waals surface area contributed by atoms with E-state index in [2.05, 4.69) is 10.3 Å². The normalized spacial score (nSPS) is 10.4. The highest BCUT2D eigenvalue weighted by Crippen LogP contribution is 2.25. The van der Waals surface area contributed by atoms with Crippen molar-refractivity contribution in [2.24, 2.45) is 0 Å². The molecule has 1 heterocycles. The summed E-state index contributed by atoms with van der Waals surface area (Å²) in [6.45, 7) is 1.53. The second kappa shape index (κ2) is 10.1. The molecule has 2 aromatic carbocycles. The van der Waals surface area contributed by atoms with Crippen LogP contribution in [0.1, 0.15) is 21.6 Å². The van der Waals surface area contributed by atoms with Crippen LogP contribution in [-0.4, -0.2) is 30.6 Å². The number of ether oxygens (including phenoxy) is 2. The fourth-order valence-corrected chi connectivity index (χ4v) is 3.94. The summed E-state index contributed by atoms with van der Waals surface area (Å²) >= 11 is 3.21. The molecule has 0 aliphatic carbocycles. The Morgan fingerprint density at radius 2 is 1.97 bits per heavy atom. The first kappa shape index (κ1) is 20.9. The molecule has 0 saturated heterocycles. The van der Waals surface area contributed by atoms with Gasteiger partial charge >= 0.3 is 5.97 Å². The van der Waals surface area contributed by atoms with Crippen molar-refractivity contribution in [3.05, 3.63) is 70.2 Å². The average Bonchev–Trinajstić information content (AvgIpc) is 3.25. The molecule has 0 atom stereocenters. The van der Waals surface area contributed by atoms with E-state index in [0.717, 1.165) is 21.9 Å². The zero-order valence-corrected chi connectivity index (χ0v) is 17.6. The number of hydrogen-bond donors (Lipinski definition) is 1. The minimum absolute atomic E-state index is 0.379. The van der Waals surface area contributed by atoms with E-state index in [1.54, 1.807) is 52.9 Å². The summed E-state index contributed by atoms with van der Waals surface area (Å²) in [7, 11) is 1.53. The van der Waals surface area contributed by atoms with Crippen LogP contribution < -0.4 is 10.1 Å². The van der Waals surface area contributed by atoms with Crippen LogP contribution in [0, 0.1) is 6.92 Å².